The number of nitrogens with zero attached hydrogens (tertiary/aromatic N) is 2. The van der Waals surface area contributed by atoms with Crippen LogP contribution in [0.25, 0.3) is 0 Å². The molecule has 0 unspecified atom stereocenters. The van der Waals surface area contributed by atoms with Crippen LogP contribution in [-0.2, 0) is 6.54 Å². The number of aryl methyl sites for hydroxylation is 1. The fraction of sp³-hybridized carbons (Fsp3) is 0.750. The van der Waals surface area contributed by atoms with Gasteiger partial charge >= 0.3 is 0 Å². The number of anilines is 1. The maximum atomic E-state index is 4.53. The molecule has 0 radical (unpaired) electrons. The van der Waals surface area contributed by atoms with E-state index in [2.05, 4.69) is 48.8 Å². The van der Waals surface area contributed by atoms with E-state index in [0.717, 1.165) is 18.2 Å². The molecule has 0 atom stereocenters. The van der Waals surface area contributed by atoms with Crippen LogP contribution in [0.4, 0.5) is 5.95 Å². The van der Waals surface area contributed by atoms with Crippen molar-refractivity contribution >= 4 is 5.95 Å². The summed E-state index contributed by atoms with van der Waals surface area (Å²) in [6, 6.07) is 0.672. The molecule has 1 fully saturated rings. The van der Waals surface area contributed by atoms with Crippen LogP contribution in [0.5, 0.6) is 0 Å². The van der Waals surface area contributed by atoms with Crippen molar-refractivity contribution < 1.29 is 0 Å². The van der Waals surface area contributed by atoms with Crippen LogP contribution < -0.4 is 5.32 Å². The fourth-order valence-corrected chi connectivity index (χ4v) is 1.70. The van der Waals surface area contributed by atoms with Crippen LogP contribution in [0.1, 0.15) is 39.3 Å². The molecule has 15 heavy (non-hydrogen) atoms. The van der Waals surface area contributed by atoms with E-state index in [1.54, 1.807) is 0 Å². The summed E-state index contributed by atoms with van der Waals surface area (Å²) in [4.78, 5) is 4.53. The van der Waals surface area contributed by atoms with Gasteiger partial charge in [0.25, 0.3) is 0 Å². The molecule has 3 nitrogen and oxygen atoms in total. The highest BCUT2D eigenvalue weighted by molar-refractivity contribution is 5.32. The molecule has 1 aliphatic rings. The number of rotatable bonds is 3. The van der Waals surface area contributed by atoms with Crippen LogP contribution in [-0.4, -0.2) is 15.6 Å². The zero-order valence-corrected chi connectivity index (χ0v) is 10.2. The molecule has 1 aliphatic carbocycles. The minimum atomic E-state index is 0.299. The Bertz CT molecular complexity index is 342. The molecule has 0 aromatic carbocycles. The van der Waals surface area contributed by atoms with E-state index < -0.39 is 0 Å². The molecule has 3 heteroatoms. The zero-order valence-electron chi connectivity index (χ0n) is 10.2. The van der Waals surface area contributed by atoms with E-state index >= 15 is 0 Å². The molecule has 0 bridgehead atoms. The van der Waals surface area contributed by atoms with E-state index in [4.69, 9.17) is 0 Å². The van der Waals surface area contributed by atoms with Crippen molar-refractivity contribution in [2.45, 2.75) is 53.1 Å². The van der Waals surface area contributed by atoms with Crippen molar-refractivity contribution in [1.82, 2.24) is 9.55 Å². The summed E-state index contributed by atoms with van der Waals surface area (Å²) >= 11 is 0. The highest BCUT2D eigenvalue weighted by Gasteiger charge is 2.23. The van der Waals surface area contributed by atoms with Crippen molar-refractivity contribution in [2.24, 2.45) is 5.41 Å². The van der Waals surface area contributed by atoms with Crippen LogP contribution in [0.15, 0.2) is 6.20 Å². The van der Waals surface area contributed by atoms with Crippen molar-refractivity contribution in [3.05, 3.63) is 11.9 Å². The molecule has 1 heterocycles. The number of aromatic nitrogens is 2. The van der Waals surface area contributed by atoms with E-state index in [0.29, 0.717) is 11.5 Å². The lowest BCUT2D eigenvalue weighted by Gasteiger charge is -2.20. The number of hydrogen-bond acceptors (Lipinski definition) is 2. The Morgan fingerprint density at radius 3 is 2.67 bits per heavy atom. The van der Waals surface area contributed by atoms with Gasteiger partial charge in [-0.05, 0) is 25.2 Å². The number of imidazole rings is 1. The maximum absolute atomic E-state index is 4.53. The Kier molecular flexibility index (Phi) is 2.49. The molecule has 1 aromatic rings. The second-order valence-corrected chi connectivity index (χ2v) is 5.81. The summed E-state index contributed by atoms with van der Waals surface area (Å²) in [6.07, 6.45) is 4.72. The predicted octanol–water partition coefficient (Wildman–Crippen LogP) is 2.81. The minimum absolute atomic E-state index is 0.299. The highest BCUT2D eigenvalue weighted by atomic mass is 15.2. The minimum Gasteiger partial charge on any atom is -0.353 e. The molecular weight excluding hydrogens is 186 g/mol. The Morgan fingerprint density at radius 2 is 2.13 bits per heavy atom. The van der Waals surface area contributed by atoms with Gasteiger partial charge < -0.3 is 9.88 Å². The van der Waals surface area contributed by atoms with Gasteiger partial charge in [-0.25, -0.2) is 4.98 Å². The first-order chi connectivity index (χ1) is 6.94. The zero-order chi connectivity index (χ0) is 11.1. The van der Waals surface area contributed by atoms with Crippen LogP contribution >= 0.6 is 0 Å². The standard InChI is InChI=1S/C12H21N3/c1-9-7-15(8-12(2,3)4)11(13-9)14-10-5-6-10/h7,10H,5-6,8H2,1-4H3,(H,13,14). The normalized spacial score (nSPS) is 16.8. The second kappa shape index (κ2) is 3.54. The molecular formula is C12H21N3. The third-order valence-corrected chi connectivity index (χ3v) is 2.45. The molecule has 1 aromatic heterocycles. The van der Waals surface area contributed by atoms with Gasteiger partial charge in [0.2, 0.25) is 5.95 Å². The fourth-order valence-electron chi connectivity index (χ4n) is 1.70. The maximum Gasteiger partial charge on any atom is 0.203 e. The van der Waals surface area contributed by atoms with Gasteiger partial charge in [-0.15, -0.1) is 0 Å². The lowest BCUT2D eigenvalue weighted by Crippen LogP contribution is -2.17. The van der Waals surface area contributed by atoms with Gasteiger partial charge in [-0.2, -0.15) is 0 Å². The topological polar surface area (TPSA) is 29.9 Å². The summed E-state index contributed by atoms with van der Waals surface area (Å²) in [5.74, 6) is 1.05. The van der Waals surface area contributed by atoms with E-state index in [9.17, 15) is 0 Å². The Morgan fingerprint density at radius 1 is 1.47 bits per heavy atom. The average Bonchev–Trinajstić information content (AvgIpc) is 2.77. The molecule has 0 spiro atoms. The predicted molar refractivity (Wildman–Crippen MR) is 63.1 cm³/mol. The monoisotopic (exact) mass is 207 g/mol. The third kappa shape index (κ3) is 2.98. The first kappa shape index (κ1) is 10.5. The SMILES string of the molecule is Cc1cn(CC(C)(C)C)c(NC2CC2)n1. The lowest BCUT2D eigenvalue weighted by molar-refractivity contribution is 0.345. The molecule has 2 rings (SSSR count). The van der Waals surface area contributed by atoms with Gasteiger partial charge in [-0.3, -0.25) is 0 Å². The third-order valence-electron chi connectivity index (χ3n) is 2.45. The molecule has 0 aliphatic heterocycles. The summed E-state index contributed by atoms with van der Waals surface area (Å²) in [5, 5.41) is 3.48. The van der Waals surface area contributed by atoms with E-state index in [1.165, 1.54) is 12.8 Å². The van der Waals surface area contributed by atoms with Crippen molar-refractivity contribution in [3.8, 4) is 0 Å². The second-order valence-electron chi connectivity index (χ2n) is 5.81. The summed E-state index contributed by atoms with van der Waals surface area (Å²) < 4.78 is 2.24. The Balaban J connectivity index is 2.13. The van der Waals surface area contributed by atoms with Gasteiger partial charge in [-0.1, -0.05) is 20.8 Å². The van der Waals surface area contributed by atoms with E-state index in [-0.39, 0.29) is 0 Å². The number of hydrogen-bond donors (Lipinski definition) is 1. The van der Waals surface area contributed by atoms with Gasteiger partial charge in [0, 0.05) is 18.8 Å². The van der Waals surface area contributed by atoms with Crippen molar-refractivity contribution in [3.63, 3.8) is 0 Å². The molecule has 0 amide bonds. The quantitative estimate of drug-likeness (QED) is 0.826. The smallest absolute Gasteiger partial charge is 0.203 e. The summed E-state index contributed by atoms with van der Waals surface area (Å²) in [5.41, 5.74) is 1.40. The molecule has 84 valence electrons. The summed E-state index contributed by atoms with van der Waals surface area (Å²) in [6.45, 7) is 9.83. The first-order valence-electron chi connectivity index (χ1n) is 5.74. The lowest BCUT2D eigenvalue weighted by atomic mass is 9.97. The number of nitrogens with one attached hydrogen (secondary N) is 1. The van der Waals surface area contributed by atoms with Gasteiger partial charge in [0.05, 0.1) is 5.69 Å². The average molecular weight is 207 g/mol. The Hall–Kier alpha value is -0.990. The van der Waals surface area contributed by atoms with Crippen LogP contribution in [0.3, 0.4) is 0 Å². The highest BCUT2D eigenvalue weighted by Crippen LogP contribution is 2.26. The van der Waals surface area contributed by atoms with Crippen molar-refractivity contribution in [2.75, 3.05) is 5.32 Å². The van der Waals surface area contributed by atoms with Crippen LogP contribution in [0, 0.1) is 12.3 Å². The van der Waals surface area contributed by atoms with Crippen molar-refractivity contribution in [1.29, 1.82) is 0 Å². The largest absolute Gasteiger partial charge is 0.353 e. The summed E-state index contributed by atoms with van der Waals surface area (Å²) in [7, 11) is 0. The van der Waals surface area contributed by atoms with Gasteiger partial charge in [0.1, 0.15) is 0 Å². The van der Waals surface area contributed by atoms with Gasteiger partial charge in [0.15, 0.2) is 0 Å². The molecule has 1 N–H and O–H groups in total. The Labute approximate surface area is 91.9 Å². The van der Waals surface area contributed by atoms with E-state index in [1.807, 2.05) is 0 Å². The molecule has 1 saturated carbocycles. The molecule has 0 saturated heterocycles. The first-order valence-corrected chi connectivity index (χ1v) is 5.74. The van der Waals surface area contributed by atoms with Crippen LogP contribution in [0.2, 0.25) is 0 Å².